The van der Waals surface area contributed by atoms with Crippen LogP contribution in [0.2, 0.25) is 0 Å². The predicted molar refractivity (Wildman–Crippen MR) is 34.4 cm³/mol. The van der Waals surface area contributed by atoms with E-state index in [-0.39, 0.29) is 49.7 Å². The molecular formula is C4H9AlO4Zn. The number of hydrogen-bond donors (Lipinski definition) is 2. The minimum Gasteiger partial charge on any atom is -0.481 e. The summed E-state index contributed by atoms with van der Waals surface area (Å²) in [6.07, 6.45) is -0.593. The Morgan fingerprint density at radius 1 is 1.00 bits per heavy atom. The summed E-state index contributed by atoms with van der Waals surface area (Å²) < 4.78 is 0. The van der Waals surface area contributed by atoms with E-state index < -0.39 is 11.9 Å². The molecule has 0 saturated heterocycles. The largest absolute Gasteiger partial charge is 0.481 e. The molecule has 0 aliphatic carbocycles. The standard InChI is InChI=1S/C4H6O4.Al.Zn.3H/c5-3(6)1-2-4(7)8;;;;;/h1-2H2,(H,5,6)(H,7,8);;;;;. The van der Waals surface area contributed by atoms with Crippen LogP contribution in [0.3, 0.4) is 0 Å². The Morgan fingerprint density at radius 3 is 1.30 bits per heavy atom. The van der Waals surface area contributed by atoms with Gasteiger partial charge in [0.1, 0.15) is 0 Å². The minimum atomic E-state index is -1.08. The molecule has 0 unspecified atom stereocenters. The molecule has 0 aromatic rings. The van der Waals surface area contributed by atoms with Gasteiger partial charge in [0.25, 0.3) is 0 Å². The molecule has 4 nitrogen and oxygen atoms in total. The smallest absolute Gasteiger partial charge is 0.303 e. The summed E-state index contributed by atoms with van der Waals surface area (Å²) >= 11 is 0. The summed E-state index contributed by atoms with van der Waals surface area (Å²) in [6.45, 7) is 0. The van der Waals surface area contributed by atoms with E-state index in [1.165, 1.54) is 0 Å². The maximum atomic E-state index is 9.64. The summed E-state index contributed by atoms with van der Waals surface area (Å²) in [5.41, 5.74) is 0. The number of rotatable bonds is 3. The van der Waals surface area contributed by atoms with Crippen LogP contribution >= 0.6 is 0 Å². The summed E-state index contributed by atoms with van der Waals surface area (Å²) in [5.74, 6) is -2.15. The van der Waals surface area contributed by atoms with Gasteiger partial charge in [-0.2, -0.15) is 0 Å². The Kier molecular flexibility index (Phi) is 15.1. The molecule has 0 aromatic carbocycles. The van der Waals surface area contributed by atoms with E-state index in [0.717, 1.165) is 0 Å². The first-order valence-corrected chi connectivity index (χ1v) is 2.06. The van der Waals surface area contributed by atoms with Crippen molar-refractivity contribution >= 4 is 29.3 Å². The SMILES string of the molecule is O=C(O)CCC(=O)O.[AlH3].[Zn]. The minimum absolute atomic E-state index is 0. The van der Waals surface area contributed by atoms with Crippen LogP contribution in [0, 0.1) is 0 Å². The third kappa shape index (κ3) is 15.7. The van der Waals surface area contributed by atoms with Gasteiger partial charge in [-0.1, -0.05) is 0 Å². The molecule has 2 N–H and O–H groups in total. The van der Waals surface area contributed by atoms with Crippen LogP contribution in [0.4, 0.5) is 0 Å². The molecule has 0 heterocycles. The molecular weight excluding hydrogens is 204 g/mol. The third-order valence-electron chi connectivity index (χ3n) is 0.553. The first-order valence-electron chi connectivity index (χ1n) is 2.06. The van der Waals surface area contributed by atoms with Gasteiger partial charge in [0, 0.05) is 19.5 Å². The van der Waals surface area contributed by atoms with E-state index in [1.54, 1.807) is 0 Å². The maximum absolute atomic E-state index is 9.64. The summed E-state index contributed by atoms with van der Waals surface area (Å²) in [6, 6.07) is 0. The number of carboxylic acids is 2. The zero-order valence-corrected chi connectivity index (χ0v) is 7.80. The number of hydrogen-bond acceptors (Lipinski definition) is 2. The predicted octanol–water partition coefficient (Wildman–Crippen LogP) is -1.25. The van der Waals surface area contributed by atoms with Crippen molar-refractivity contribution in [3.8, 4) is 0 Å². The van der Waals surface area contributed by atoms with E-state index in [1.807, 2.05) is 0 Å². The fourth-order valence-electron chi connectivity index (χ4n) is 0.214. The fraction of sp³-hybridized carbons (Fsp3) is 0.500. The Bertz CT molecular complexity index is 102. The van der Waals surface area contributed by atoms with Crippen LogP contribution in [0.5, 0.6) is 0 Å². The Hall–Kier alpha value is 0.0958. The van der Waals surface area contributed by atoms with Crippen molar-refractivity contribution in [1.82, 2.24) is 0 Å². The van der Waals surface area contributed by atoms with E-state index in [2.05, 4.69) is 0 Å². The topological polar surface area (TPSA) is 74.6 Å². The van der Waals surface area contributed by atoms with Gasteiger partial charge in [0.15, 0.2) is 17.4 Å². The third-order valence-corrected chi connectivity index (χ3v) is 0.553. The van der Waals surface area contributed by atoms with E-state index >= 15 is 0 Å². The van der Waals surface area contributed by atoms with E-state index in [9.17, 15) is 9.59 Å². The molecule has 0 rings (SSSR count). The van der Waals surface area contributed by atoms with Crippen LogP contribution in [-0.2, 0) is 29.1 Å². The van der Waals surface area contributed by atoms with Gasteiger partial charge in [0.2, 0.25) is 0 Å². The molecule has 0 spiro atoms. The van der Waals surface area contributed by atoms with Crippen LogP contribution < -0.4 is 0 Å². The molecule has 0 amide bonds. The van der Waals surface area contributed by atoms with Gasteiger partial charge in [-0.05, 0) is 0 Å². The fourth-order valence-corrected chi connectivity index (χ4v) is 0.214. The molecule has 0 atom stereocenters. The van der Waals surface area contributed by atoms with Gasteiger partial charge >= 0.3 is 11.9 Å². The Balaban J connectivity index is -0.000000245. The van der Waals surface area contributed by atoms with Crippen molar-refractivity contribution in [2.24, 2.45) is 0 Å². The molecule has 0 radical (unpaired) electrons. The second kappa shape index (κ2) is 9.10. The van der Waals surface area contributed by atoms with E-state index in [0.29, 0.717) is 0 Å². The monoisotopic (exact) mass is 212 g/mol. The van der Waals surface area contributed by atoms with Gasteiger partial charge in [-0.3, -0.25) is 9.59 Å². The molecule has 54 valence electrons. The first-order chi connectivity index (χ1) is 3.63. The van der Waals surface area contributed by atoms with Crippen LogP contribution in [0.1, 0.15) is 12.8 Å². The van der Waals surface area contributed by atoms with Crippen molar-refractivity contribution in [3.63, 3.8) is 0 Å². The molecule has 0 aliphatic heterocycles. The quantitative estimate of drug-likeness (QED) is 0.575. The van der Waals surface area contributed by atoms with Gasteiger partial charge in [-0.15, -0.1) is 0 Å². The average Bonchev–Trinajstić information content (AvgIpc) is 1.61. The van der Waals surface area contributed by atoms with E-state index in [4.69, 9.17) is 10.2 Å². The number of aliphatic carboxylic acids is 2. The second-order valence-corrected chi connectivity index (χ2v) is 1.29. The molecule has 6 heteroatoms. The van der Waals surface area contributed by atoms with Gasteiger partial charge in [0.05, 0.1) is 12.8 Å². The average molecular weight is 213 g/mol. The Labute approximate surface area is 81.5 Å². The van der Waals surface area contributed by atoms with Crippen molar-refractivity contribution in [1.29, 1.82) is 0 Å². The Morgan fingerprint density at radius 2 is 1.20 bits per heavy atom. The van der Waals surface area contributed by atoms with Crippen LogP contribution in [-0.4, -0.2) is 39.5 Å². The summed E-state index contributed by atoms with van der Waals surface area (Å²) in [7, 11) is 0. The van der Waals surface area contributed by atoms with Crippen molar-refractivity contribution in [2.45, 2.75) is 12.8 Å². The number of carboxylic acid groups (broad SMARTS) is 2. The van der Waals surface area contributed by atoms with Crippen molar-refractivity contribution in [3.05, 3.63) is 0 Å². The van der Waals surface area contributed by atoms with Crippen LogP contribution in [0.25, 0.3) is 0 Å². The zero-order chi connectivity index (χ0) is 6.57. The summed E-state index contributed by atoms with van der Waals surface area (Å²) in [4.78, 5) is 19.3. The van der Waals surface area contributed by atoms with Crippen LogP contribution in [0.15, 0.2) is 0 Å². The first kappa shape index (κ1) is 16.6. The molecule has 10 heavy (non-hydrogen) atoms. The van der Waals surface area contributed by atoms with Gasteiger partial charge in [-0.25, -0.2) is 0 Å². The zero-order valence-electron chi connectivity index (χ0n) is 4.83. The van der Waals surface area contributed by atoms with Gasteiger partial charge < -0.3 is 10.2 Å². The molecule has 0 bridgehead atoms. The summed E-state index contributed by atoms with van der Waals surface area (Å²) in [5, 5.41) is 15.8. The molecule has 0 aromatic heterocycles. The molecule has 0 saturated carbocycles. The normalized spacial score (nSPS) is 6.80. The maximum Gasteiger partial charge on any atom is 0.303 e. The molecule has 0 aliphatic rings. The second-order valence-electron chi connectivity index (χ2n) is 1.29. The van der Waals surface area contributed by atoms with Crippen molar-refractivity contribution in [2.75, 3.05) is 0 Å². The molecule has 0 fully saturated rings. The van der Waals surface area contributed by atoms with Crippen molar-refractivity contribution < 1.29 is 39.3 Å². The number of carbonyl (C=O) groups is 2.